The first-order chi connectivity index (χ1) is 6.06. The Hall–Kier alpha value is -1.51. The summed E-state index contributed by atoms with van der Waals surface area (Å²) in [7, 11) is 1.29. The van der Waals surface area contributed by atoms with Crippen LogP contribution >= 0.6 is 0 Å². The minimum atomic E-state index is -0.505. The van der Waals surface area contributed by atoms with Crippen LogP contribution in [-0.2, 0) is 4.74 Å². The van der Waals surface area contributed by atoms with Gasteiger partial charge in [0.15, 0.2) is 0 Å². The molecule has 0 unspecified atom stereocenters. The van der Waals surface area contributed by atoms with E-state index < -0.39 is 5.97 Å². The van der Waals surface area contributed by atoms with Gasteiger partial charge in [-0.3, -0.25) is 0 Å². The van der Waals surface area contributed by atoms with Crippen LogP contribution in [0.2, 0.25) is 0 Å². The first kappa shape index (κ1) is 9.58. The van der Waals surface area contributed by atoms with Gasteiger partial charge in [0.05, 0.1) is 7.11 Å². The summed E-state index contributed by atoms with van der Waals surface area (Å²) in [4.78, 5) is 11.2. The molecular formula is C10H12O3. The van der Waals surface area contributed by atoms with Crippen molar-refractivity contribution in [2.24, 2.45) is 0 Å². The predicted octanol–water partition coefficient (Wildman–Crippen LogP) is 1.80. The van der Waals surface area contributed by atoms with Crippen molar-refractivity contribution in [1.82, 2.24) is 0 Å². The van der Waals surface area contributed by atoms with Crippen molar-refractivity contribution < 1.29 is 14.6 Å². The second-order valence-electron chi connectivity index (χ2n) is 2.97. The molecule has 0 saturated carbocycles. The van der Waals surface area contributed by atoms with Crippen LogP contribution in [0.5, 0.6) is 5.75 Å². The Balaban J connectivity index is 3.28. The predicted molar refractivity (Wildman–Crippen MR) is 48.9 cm³/mol. The quantitative estimate of drug-likeness (QED) is 0.670. The van der Waals surface area contributed by atoms with Gasteiger partial charge in [0, 0.05) is 0 Å². The number of carbonyl (C=O) groups is 1. The van der Waals surface area contributed by atoms with Gasteiger partial charge in [-0.2, -0.15) is 0 Å². The number of aromatic hydroxyl groups is 1. The molecule has 3 heteroatoms. The van der Waals surface area contributed by atoms with E-state index in [-0.39, 0.29) is 11.3 Å². The molecule has 0 aromatic heterocycles. The molecule has 0 spiro atoms. The molecule has 3 nitrogen and oxygen atoms in total. The first-order valence-corrected chi connectivity index (χ1v) is 3.94. The summed E-state index contributed by atoms with van der Waals surface area (Å²) in [5.41, 5.74) is 1.89. The number of aryl methyl sites for hydroxylation is 2. The monoisotopic (exact) mass is 180 g/mol. The van der Waals surface area contributed by atoms with Crippen LogP contribution in [0.25, 0.3) is 0 Å². The normalized spacial score (nSPS) is 9.77. The Labute approximate surface area is 77.0 Å². The standard InChI is InChI=1S/C10H12O3/c1-6-4-7(2)9(8(11)5-6)10(12)13-3/h4-5,11H,1-3H3. The zero-order valence-electron chi connectivity index (χ0n) is 7.92. The third-order valence-corrected chi connectivity index (χ3v) is 1.85. The Kier molecular flexibility index (Phi) is 2.56. The van der Waals surface area contributed by atoms with E-state index in [4.69, 9.17) is 0 Å². The maximum atomic E-state index is 11.2. The Morgan fingerprint density at radius 3 is 2.46 bits per heavy atom. The molecule has 0 aliphatic heterocycles. The number of rotatable bonds is 1. The van der Waals surface area contributed by atoms with Crippen LogP contribution in [0.3, 0.4) is 0 Å². The van der Waals surface area contributed by atoms with Crippen LogP contribution in [0, 0.1) is 13.8 Å². The van der Waals surface area contributed by atoms with Crippen molar-refractivity contribution in [3.63, 3.8) is 0 Å². The molecule has 0 aliphatic carbocycles. The average molecular weight is 180 g/mol. The highest BCUT2D eigenvalue weighted by molar-refractivity contribution is 5.94. The lowest BCUT2D eigenvalue weighted by Crippen LogP contribution is -2.04. The highest BCUT2D eigenvalue weighted by Gasteiger charge is 2.14. The third kappa shape index (κ3) is 1.80. The first-order valence-electron chi connectivity index (χ1n) is 3.94. The van der Waals surface area contributed by atoms with E-state index in [2.05, 4.69) is 4.74 Å². The largest absolute Gasteiger partial charge is 0.507 e. The maximum absolute atomic E-state index is 11.2. The van der Waals surface area contributed by atoms with E-state index in [9.17, 15) is 9.90 Å². The third-order valence-electron chi connectivity index (χ3n) is 1.85. The molecule has 13 heavy (non-hydrogen) atoms. The summed E-state index contributed by atoms with van der Waals surface area (Å²) < 4.78 is 4.54. The van der Waals surface area contributed by atoms with E-state index in [1.54, 1.807) is 13.0 Å². The number of phenolic OH excluding ortho intramolecular Hbond substituents is 1. The summed E-state index contributed by atoms with van der Waals surface area (Å²) in [6.07, 6.45) is 0. The fraction of sp³-hybridized carbons (Fsp3) is 0.300. The van der Waals surface area contributed by atoms with Crippen molar-refractivity contribution in [2.45, 2.75) is 13.8 Å². The minimum absolute atomic E-state index is 0.0237. The van der Waals surface area contributed by atoms with E-state index in [1.165, 1.54) is 7.11 Å². The number of hydrogen-bond acceptors (Lipinski definition) is 3. The van der Waals surface area contributed by atoms with Crippen LogP contribution < -0.4 is 0 Å². The topological polar surface area (TPSA) is 46.5 Å². The second-order valence-corrected chi connectivity index (χ2v) is 2.97. The molecule has 0 bridgehead atoms. The van der Waals surface area contributed by atoms with Gasteiger partial charge in [-0.25, -0.2) is 4.79 Å². The number of benzene rings is 1. The summed E-state index contributed by atoms with van der Waals surface area (Å²) in [5, 5.41) is 9.47. The van der Waals surface area contributed by atoms with Crippen LogP contribution in [0.1, 0.15) is 21.5 Å². The van der Waals surface area contributed by atoms with Gasteiger partial charge in [0.25, 0.3) is 0 Å². The highest BCUT2D eigenvalue weighted by Crippen LogP contribution is 2.23. The van der Waals surface area contributed by atoms with E-state index >= 15 is 0 Å². The minimum Gasteiger partial charge on any atom is -0.507 e. The fourth-order valence-corrected chi connectivity index (χ4v) is 1.31. The highest BCUT2D eigenvalue weighted by atomic mass is 16.5. The number of hydrogen-bond donors (Lipinski definition) is 1. The van der Waals surface area contributed by atoms with Gasteiger partial charge >= 0.3 is 5.97 Å². The van der Waals surface area contributed by atoms with Gasteiger partial charge in [0.2, 0.25) is 0 Å². The molecular weight excluding hydrogens is 168 g/mol. The van der Waals surface area contributed by atoms with Crippen molar-refractivity contribution in [1.29, 1.82) is 0 Å². The number of ether oxygens (including phenoxy) is 1. The summed E-state index contributed by atoms with van der Waals surface area (Å²) >= 11 is 0. The Bertz CT molecular complexity index is 319. The molecule has 0 atom stereocenters. The van der Waals surface area contributed by atoms with Gasteiger partial charge in [-0.1, -0.05) is 6.07 Å². The molecule has 1 N–H and O–H groups in total. The number of carbonyl (C=O) groups excluding carboxylic acids is 1. The van der Waals surface area contributed by atoms with Crippen molar-refractivity contribution in [2.75, 3.05) is 7.11 Å². The van der Waals surface area contributed by atoms with E-state index in [0.717, 1.165) is 11.1 Å². The molecule has 0 saturated heterocycles. The van der Waals surface area contributed by atoms with Gasteiger partial charge in [-0.15, -0.1) is 0 Å². The molecule has 0 radical (unpaired) electrons. The summed E-state index contributed by atoms with van der Waals surface area (Å²) in [5.74, 6) is -0.528. The molecule has 1 aromatic rings. The van der Waals surface area contributed by atoms with Crippen LogP contribution in [0.15, 0.2) is 12.1 Å². The van der Waals surface area contributed by atoms with E-state index in [0.29, 0.717) is 0 Å². The fourth-order valence-electron chi connectivity index (χ4n) is 1.31. The molecule has 0 aliphatic rings. The lowest BCUT2D eigenvalue weighted by molar-refractivity contribution is 0.0596. The van der Waals surface area contributed by atoms with Crippen LogP contribution in [0.4, 0.5) is 0 Å². The SMILES string of the molecule is COC(=O)c1c(C)cc(C)cc1O. The smallest absolute Gasteiger partial charge is 0.341 e. The van der Waals surface area contributed by atoms with E-state index in [1.807, 2.05) is 13.0 Å². The number of phenols is 1. The lowest BCUT2D eigenvalue weighted by Gasteiger charge is -2.06. The number of methoxy groups -OCH3 is 1. The molecule has 1 rings (SSSR count). The lowest BCUT2D eigenvalue weighted by atomic mass is 10.0. The molecule has 0 heterocycles. The van der Waals surface area contributed by atoms with Crippen molar-refractivity contribution in [3.8, 4) is 5.75 Å². The average Bonchev–Trinajstić information content (AvgIpc) is 2.02. The van der Waals surface area contributed by atoms with Gasteiger partial charge in [0.1, 0.15) is 11.3 Å². The molecule has 0 amide bonds. The second kappa shape index (κ2) is 3.47. The molecule has 70 valence electrons. The van der Waals surface area contributed by atoms with Crippen LogP contribution in [-0.4, -0.2) is 18.2 Å². The van der Waals surface area contributed by atoms with Crippen molar-refractivity contribution >= 4 is 5.97 Å². The summed E-state index contributed by atoms with van der Waals surface area (Å²) in [6.45, 7) is 3.62. The zero-order chi connectivity index (χ0) is 10.0. The Morgan fingerprint density at radius 2 is 2.00 bits per heavy atom. The van der Waals surface area contributed by atoms with Gasteiger partial charge < -0.3 is 9.84 Å². The maximum Gasteiger partial charge on any atom is 0.341 e. The molecule has 0 fully saturated rings. The number of esters is 1. The summed E-state index contributed by atoms with van der Waals surface area (Å²) in [6, 6.07) is 3.37. The molecule has 1 aromatic carbocycles. The zero-order valence-corrected chi connectivity index (χ0v) is 7.92. The van der Waals surface area contributed by atoms with Gasteiger partial charge in [-0.05, 0) is 31.0 Å². The van der Waals surface area contributed by atoms with Crippen molar-refractivity contribution in [3.05, 3.63) is 28.8 Å². The Morgan fingerprint density at radius 1 is 1.38 bits per heavy atom.